The van der Waals surface area contributed by atoms with Crippen LogP contribution in [0.3, 0.4) is 0 Å². The van der Waals surface area contributed by atoms with Crippen LogP contribution in [-0.2, 0) is 4.79 Å². The third-order valence-corrected chi connectivity index (χ3v) is 5.09. The van der Waals surface area contributed by atoms with Crippen molar-refractivity contribution in [3.8, 4) is 5.75 Å². The second-order valence-electron chi connectivity index (χ2n) is 6.57. The number of aliphatic carboxylic acids is 1. The lowest BCUT2D eigenvalue weighted by Gasteiger charge is -2.30. The number of carboxylic acids is 1. The van der Waals surface area contributed by atoms with Crippen LogP contribution in [0.25, 0.3) is 10.9 Å². The lowest BCUT2D eigenvalue weighted by Crippen LogP contribution is -2.40. The summed E-state index contributed by atoms with van der Waals surface area (Å²) in [7, 11) is 1.61. The summed E-state index contributed by atoms with van der Waals surface area (Å²) in [4.78, 5) is 15.7. The first kappa shape index (κ1) is 17.6. The number of benzene rings is 1. The van der Waals surface area contributed by atoms with Crippen LogP contribution in [0.5, 0.6) is 5.75 Å². The van der Waals surface area contributed by atoms with E-state index in [2.05, 4.69) is 10.3 Å². The van der Waals surface area contributed by atoms with Crippen molar-refractivity contribution in [2.75, 3.05) is 20.2 Å². The topological polar surface area (TPSA) is 91.7 Å². The van der Waals surface area contributed by atoms with Crippen LogP contribution in [0, 0.1) is 11.8 Å². The molecule has 3 atom stereocenters. The van der Waals surface area contributed by atoms with Crippen LogP contribution in [0.15, 0.2) is 30.5 Å². The molecule has 2 aromatic rings. The molecule has 1 aliphatic heterocycles. The van der Waals surface area contributed by atoms with E-state index in [1.165, 1.54) is 0 Å². The number of aliphatic hydroxyl groups excluding tert-OH is 1. The minimum atomic E-state index is -0.759. The summed E-state index contributed by atoms with van der Waals surface area (Å²) in [5.41, 5.74) is 1.62. The summed E-state index contributed by atoms with van der Waals surface area (Å²) in [6, 6.07) is 7.42. The molecule has 25 heavy (non-hydrogen) atoms. The van der Waals surface area contributed by atoms with E-state index in [-0.39, 0.29) is 11.8 Å². The number of aromatic nitrogens is 1. The Balaban J connectivity index is 1.75. The van der Waals surface area contributed by atoms with Crippen molar-refractivity contribution < 1.29 is 19.7 Å². The summed E-state index contributed by atoms with van der Waals surface area (Å²) in [6.07, 6.45) is 3.09. The Hall–Kier alpha value is -2.18. The van der Waals surface area contributed by atoms with E-state index < -0.39 is 12.1 Å². The number of carboxylic acid groups (broad SMARTS) is 1. The van der Waals surface area contributed by atoms with Crippen molar-refractivity contribution in [1.29, 1.82) is 0 Å². The number of methoxy groups -OCH3 is 1. The Labute approximate surface area is 146 Å². The van der Waals surface area contributed by atoms with Gasteiger partial charge >= 0.3 is 5.97 Å². The zero-order valence-corrected chi connectivity index (χ0v) is 14.3. The normalized spacial score (nSPS) is 21.8. The van der Waals surface area contributed by atoms with E-state index in [0.29, 0.717) is 19.4 Å². The molecule has 6 heteroatoms. The smallest absolute Gasteiger partial charge is 0.308 e. The van der Waals surface area contributed by atoms with Gasteiger partial charge in [0.1, 0.15) is 5.75 Å². The molecule has 1 aromatic carbocycles. The Bertz CT molecular complexity index is 749. The number of hydrogen-bond acceptors (Lipinski definition) is 5. The van der Waals surface area contributed by atoms with Gasteiger partial charge in [-0.1, -0.05) is 0 Å². The summed E-state index contributed by atoms with van der Waals surface area (Å²) in [5.74, 6) is -0.324. The van der Waals surface area contributed by atoms with Crippen molar-refractivity contribution in [3.63, 3.8) is 0 Å². The van der Waals surface area contributed by atoms with E-state index >= 15 is 0 Å². The van der Waals surface area contributed by atoms with Gasteiger partial charge in [0.05, 0.1) is 24.6 Å². The number of hydrogen-bond donors (Lipinski definition) is 3. The maximum Gasteiger partial charge on any atom is 0.308 e. The van der Waals surface area contributed by atoms with Crippen LogP contribution in [0.2, 0.25) is 0 Å². The second kappa shape index (κ2) is 7.80. The van der Waals surface area contributed by atoms with Crippen molar-refractivity contribution in [3.05, 3.63) is 36.0 Å². The zero-order valence-electron chi connectivity index (χ0n) is 14.3. The molecular weight excluding hydrogens is 320 g/mol. The number of nitrogens with zero attached hydrogens (tertiary/aromatic N) is 1. The summed E-state index contributed by atoms with van der Waals surface area (Å²) >= 11 is 0. The number of nitrogens with one attached hydrogen (secondary N) is 1. The summed E-state index contributed by atoms with van der Waals surface area (Å²) in [5, 5.41) is 24.1. The third kappa shape index (κ3) is 3.91. The van der Waals surface area contributed by atoms with Gasteiger partial charge in [0.2, 0.25) is 0 Å². The predicted molar refractivity (Wildman–Crippen MR) is 94.6 cm³/mol. The lowest BCUT2D eigenvalue weighted by molar-refractivity contribution is -0.144. The molecule has 2 heterocycles. The number of piperidine rings is 1. The first-order valence-corrected chi connectivity index (χ1v) is 8.64. The molecule has 3 rings (SSSR count). The van der Waals surface area contributed by atoms with Gasteiger partial charge in [-0.3, -0.25) is 9.78 Å². The minimum absolute atomic E-state index is 0.0936. The molecule has 0 unspecified atom stereocenters. The maximum atomic E-state index is 11.4. The minimum Gasteiger partial charge on any atom is -0.497 e. The van der Waals surface area contributed by atoms with E-state index in [9.17, 15) is 15.0 Å². The SMILES string of the molecule is COc1ccc2nccc([C@H](O)CC[C@@H]3CCNC[C@@H]3C(=O)O)c2c1. The fraction of sp³-hybridized carbons (Fsp3) is 0.474. The highest BCUT2D eigenvalue weighted by molar-refractivity contribution is 5.83. The highest BCUT2D eigenvalue weighted by atomic mass is 16.5. The van der Waals surface area contributed by atoms with Crippen LogP contribution >= 0.6 is 0 Å². The Morgan fingerprint density at radius 2 is 2.28 bits per heavy atom. The molecule has 3 N–H and O–H groups in total. The molecule has 0 amide bonds. The van der Waals surface area contributed by atoms with Gasteiger partial charge in [-0.2, -0.15) is 0 Å². The van der Waals surface area contributed by atoms with Crippen LogP contribution in [0.4, 0.5) is 0 Å². The van der Waals surface area contributed by atoms with Crippen LogP contribution in [0.1, 0.15) is 30.9 Å². The molecule has 1 fully saturated rings. The lowest BCUT2D eigenvalue weighted by atomic mass is 9.82. The maximum absolute atomic E-state index is 11.4. The average Bonchev–Trinajstić information content (AvgIpc) is 2.65. The molecule has 1 aromatic heterocycles. The number of fused-ring (bicyclic) bond motifs is 1. The van der Waals surface area contributed by atoms with Crippen molar-refractivity contribution in [1.82, 2.24) is 10.3 Å². The fourth-order valence-corrected chi connectivity index (χ4v) is 3.64. The number of aliphatic hydroxyl groups is 1. The molecule has 0 aliphatic carbocycles. The van der Waals surface area contributed by atoms with Gasteiger partial charge in [0, 0.05) is 18.1 Å². The second-order valence-corrected chi connectivity index (χ2v) is 6.57. The highest BCUT2D eigenvalue weighted by Gasteiger charge is 2.31. The Morgan fingerprint density at radius 1 is 1.44 bits per heavy atom. The van der Waals surface area contributed by atoms with Gasteiger partial charge in [-0.25, -0.2) is 0 Å². The van der Waals surface area contributed by atoms with Crippen LogP contribution in [-0.4, -0.2) is 41.4 Å². The third-order valence-electron chi connectivity index (χ3n) is 5.09. The van der Waals surface area contributed by atoms with Gasteiger partial charge in [0.15, 0.2) is 0 Å². The molecule has 1 saturated heterocycles. The van der Waals surface area contributed by atoms with E-state index in [0.717, 1.165) is 35.2 Å². The molecule has 134 valence electrons. The summed E-state index contributed by atoms with van der Waals surface area (Å²) < 4.78 is 5.27. The van der Waals surface area contributed by atoms with E-state index in [1.54, 1.807) is 13.3 Å². The number of rotatable bonds is 6. The number of ether oxygens (including phenoxy) is 1. The van der Waals surface area contributed by atoms with Crippen LogP contribution < -0.4 is 10.1 Å². The Kier molecular flexibility index (Phi) is 5.50. The van der Waals surface area contributed by atoms with Gasteiger partial charge in [-0.15, -0.1) is 0 Å². The fourth-order valence-electron chi connectivity index (χ4n) is 3.64. The Morgan fingerprint density at radius 3 is 3.04 bits per heavy atom. The average molecular weight is 344 g/mol. The molecule has 0 saturated carbocycles. The quantitative estimate of drug-likeness (QED) is 0.745. The molecule has 0 radical (unpaired) electrons. The van der Waals surface area contributed by atoms with Gasteiger partial charge in [-0.05, 0) is 61.6 Å². The number of carbonyl (C=O) groups is 1. The predicted octanol–water partition coefficient (Wildman–Crippen LogP) is 2.37. The monoisotopic (exact) mass is 344 g/mol. The van der Waals surface area contributed by atoms with Crippen molar-refractivity contribution in [2.24, 2.45) is 11.8 Å². The highest BCUT2D eigenvalue weighted by Crippen LogP contribution is 2.32. The first-order chi connectivity index (χ1) is 12.1. The molecule has 1 aliphatic rings. The number of pyridine rings is 1. The summed E-state index contributed by atoms with van der Waals surface area (Å²) in [6.45, 7) is 1.34. The standard InChI is InChI=1S/C19H24N2O4/c1-25-13-3-4-17-15(10-13)14(7-9-21-17)18(22)5-2-12-6-8-20-11-16(12)19(23)24/h3-4,7,9-10,12,16,18,20,22H,2,5-6,8,11H2,1H3,(H,23,24)/t12-,16+,18-/m1/s1. The molecule has 0 bridgehead atoms. The van der Waals surface area contributed by atoms with Gasteiger partial charge in [0.25, 0.3) is 0 Å². The van der Waals surface area contributed by atoms with E-state index in [4.69, 9.17) is 4.74 Å². The zero-order chi connectivity index (χ0) is 17.8. The largest absolute Gasteiger partial charge is 0.497 e. The molecular formula is C19H24N2O4. The van der Waals surface area contributed by atoms with Gasteiger partial charge < -0.3 is 20.3 Å². The van der Waals surface area contributed by atoms with E-state index in [1.807, 2.05) is 24.3 Å². The molecule has 0 spiro atoms. The van der Waals surface area contributed by atoms with Crippen molar-refractivity contribution in [2.45, 2.75) is 25.4 Å². The molecule has 6 nitrogen and oxygen atoms in total. The first-order valence-electron chi connectivity index (χ1n) is 8.64. The van der Waals surface area contributed by atoms with Crippen molar-refractivity contribution >= 4 is 16.9 Å².